The SMILES string of the molecule is O=C1OP2(Oc3ccccc3)(NC1Cc1ccccc1)Oc1ccccc1O2. The number of nitrogens with one attached hydrogen (secondary N) is 1. The van der Waals surface area contributed by atoms with E-state index >= 15 is 0 Å². The van der Waals surface area contributed by atoms with Crippen molar-refractivity contribution in [1.82, 2.24) is 5.09 Å². The van der Waals surface area contributed by atoms with Crippen molar-refractivity contribution in [2.45, 2.75) is 12.5 Å². The van der Waals surface area contributed by atoms with Gasteiger partial charge in [-0.3, -0.25) is 0 Å². The zero-order valence-electron chi connectivity index (χ0n) is 14.9. The second-order valence-corrected chi connectivity index (χ2v) is 9.24. The van der Waals surface area contributed by atoms with Crippen LogP contribution in [0, 0.1) is 0 Å². The molecule has 0 aliphatic carbocycles. The van der Waals surface area contributed by atoms with Gasteiger partial charge >= 0.3 is 162 Å². The Balaban J connectivity index is 1.52. The number of rotatable bonds is 4. The van der Waals surface area contributed by atoms with Crippen LogP contribution in [-0.2, 0) is 15.7 Å². The van der Waals surface area contributed by atoms with Crippen LogP contribution in [0.4, 0.5) is 0 Å². The van der Waals surface area contributed by atoms with Crippen LogP contribution in [0.25, 0.3) is 0 Å². The summed E-state index contributed by atoms with van der Waals surface area (Å²) in [6.07, 6.45) is 0.429. The minimum absolute atomic E-state index is 0.429. The van der Waals surface area contributed by atoms with Gasteiger partial charge < -0.3 is 0 Å². The van der Waals surface area contributed by atoms with Crippen LogP contribution in [-0.4, -0.2) is 12.0 Å². The van der Waals surface area contributed by atoms with Gasteiger partial charge in [0.25, 0.3) is 0 Å². The molecule has 1 atom stereocenters. The van der Waals surface area contributed by atoms with Gasteiger partial charge in [-0.1, -0.05) is 0 Å². The van der Waals surface area contributed by atoms with Crippen molar-refractivity contribution in [1.29, 1.82) is 0 Å². The quantitative estimate of drug-likeness (QED) is 0.660. The third-order valence-electron chi connectivity index (χ3n) is 4.55. The Morgan fingerprint density at radius 1 is 0.786 bits per heavy atom. The second kappa shape index (κ2) is 6.23. The molecule has 0 saturated carbocycles. The fourth-order valence-corrected chi connectivity index (χ4v) is 6.37. The molecule has 1 saturated heterocycles. The second-order valence-electron chi connectivity index (χ2n) is 6.63. The van der Waals surface area contributed by atoms with Gasteiger partial charge in [0.05, 0.1) is 0 Å². The molecule has 5 rings (SSSR count). The number of carbonyl (C=O) groups excluding carboxylic acids is 1. The Morgan fingerprint density at radius 3 is 2.00 bits per heavy atom. The number of carbonyl (C=O) groups is 1. The number of para-hydroxylation sites is 3. The zero-order chi connectivity index (χ0) is 19.1. The Morgan fingerprint density at radius 2 is 1.36 bits per heavy atom. The van der Waals surface area contributed by atoms with Gasteiger partial charge in [0.2, 0.25) is 0 Å². The van der Waals surface area contributed by atoms with Crippen LogP contribution < -0.4 is 18.7 Å². The summed E-state index contributed by atoms with van der Waals surface area (Å²) in [5.41, 5.74) is 0.993. The van der Waals surface area contributed by atoms with Crippen LogP contribution in [0.1, 0.15) is 5.56 Å². The van der Waals surface area contributed by atoms with E-state index in [0.717, 1.165) is 5.56 Å². The monoisotopic (exact) mass is 395 g/mol. The summed E-state index contributed by atoms with van der Waals surface area (Å²) in [7, 11) is -4.44. The van der Waals surface area contributed by atoms with Gasteiger partial charge in [0.15, 0.2) is 0 Å². The Hall–Kier alpha value is -3.08. The minimum atomic E-state index is -4.44. The molecule has 1 fully saturated rings. The summed E-state index contributed by atoms with van der Waals surface area (Å²) >= 11 is 0. The summed E-state index contributed by atoms with van der Waals surface area (Å²) in [5.74, 6) is 0.951. The van der Waals surface area contributed by atoms with Crippen molar-refractivity contribution in [3.63, 3.8) is 0 Å². The Labute approximate surface area is 162 Å². The molecular formula is C21H18NO5P. The molecule has 1 unspecified atom stereocenters. The standard InChI is InChI=1S/C21H18NO5P/c23-21-18(15-16-9-3-1-4-10-16)22-28(27-21,24-17-11-5-2-6-12-17)25-19-13-7-8-14-20(19)26-28/h1-14,18,22H,15H2. The molecule has 0 bridgehead atoms. The van der Waals surface area contributed by atoms with Crippen molar-refractivity contribution in [3.8, 4) is 17.2 Å². The van der Waals surface area contributed by atoms with Crippen LogP contribution in [0.5, 0.6) is 17.2 Å². The molecular weight excluding hydrogens is 377 g/mol. The molecule has 28 heavy (non-hydrogen) atoms. The van der Waals surface area contributed by atoms with Crippen LogP contribution in [0.2, 0.25) is 0 Å². The van der Waals surface area contributed by atoms with Gasteiger partial charge in [0.1, 0.15) is 0 Å². The van der Waals surface area contributed by atoms with Gasteiger partial charge in [-0.05, 0) is 0 Å². The van der Waals surface area contributed by atoms with E-state index in [0.29, 0.717) is 23.7 Å². The van der Waals surface area contributed by atoms with Crippen LogP contribution in [0.15, 0.2) is 84.9 Å². The van der Waals surface area contributed by atoms with Crippen molar-refractivity contribution >= 4 is 13.6 Å². The molecule has 2 aliphatic heterocycles. The summed E-state index contributed by atoms with van der Waals surface area (Å²) in [6, 6.07) is 25.2. The van der Waals surface area contributed by atoms with Crippen molar-refractivity contribution in [2.75, 3.05) is 0 Å². The summed E-state index contributed by atoms with van der Waals surface area (Å²) < 4.78 is 24.2. The van der Waals surface area contributed by atoms with E-state index in [9.17, 15) is 4.79 Å². The van der Waals surface area contributed by atoms with Gasteiger partial charge in [-0.2, -0.15) is 0 Å². The average Bonchev–Trinajstić information content (AvgIpc) is 3.16. The van der Waals surface area contributed by atoms with E-state index < -0.39 is 19.7 Å². The fraction of sp³-hybridized carbons (Fsp3) is 0.0952. The molecule has 1 spiro atoms. The van der Waals surface area contributed by atoms with Crippen molar-refractivity contribution in [2.24, 2.45) is 0 Å². The van der Waals surface area contributed by atoms with Crippen molar-refractivity contribution < 1.29 is 22.9 Å². The first-order chi connectivity index (χ1) is 13.6. The molecule has 0 radical (unpaired) electrons. The third-order valence-corrected chi connectivity index (χ3v) is 7.33. The third kappa shape index (κ3) is 2.87. The molecule has 6 nitrogen and oxygen atoms in total. The van der Waals surface area contributed by atoms with E-state index in [1.54, 1.807) is 24.3 Å². The average molecular weight is 395 g/mol. The molecule has 0 amide bonds. The number of fused-ring (bicyclic) bond motifs is 1. The molecule has 3 aromatic carbocycles. The molecule has 2 heterocycles. The number of hydrogen-bond donors (Lipinski definition) is 1. The topological polar surface area (TPSA) is 66.0 Å². The summed E-state index contributed by atoms with van der Waals surface area (Å²) in [5, 5.41) is 3.17. The van der Waals surface area contributed by atoms with E-state index in [4.69, 9.17) is 18.1 Å². The Kier molecular flexibility index (Phi) is 3.79. The van der Waals surface area contributed by atoms with Gasteiger partial charge in [-0.25, -0.2) is 0 Å². The molecule has 0 aromatic heterocycles. The first-order valence-electron chi connectivity index (χ1n) is 8.96. The van der Waals surface area contributed by atoms with Gasteiger partial charge in [-0.15, -0.1) is 0 Å². The maximum absolute atomic E-state index is 12.8. The van der Waals surface area contributed by atoms with Crippen LogP contribution >= 0.6 is 7.66 Å². The number of hydrogen-bond acceptors (Lipinski definition) is 6. The predicted molar refractivity (Wildman–Crippen MR) is 105 cm³/mol. The van der Waals surface area contributed by atoms with E-state index in [-0.39, 0.29) is 0 Å². The number of benzene rings is 3. The van der Waals surface area contributed by atoms with Gasteiger partial charge in [0, 0.05) is 0 Å². The molecule has 3 aromatic rings. The summed E-state index contributed by atoms with van der Waals surface area (Å²) in [4.78, 5) is 12.8. The fourth-order valence-electron chi connectivity index (χ4n) is 3.33. The predicted octanol–water partition coefficient (Wildman–Crippen LogP) is 4.42. The first kappa shape index (κ1) is 17.0. The first-order valence-corrected chi connectivity index (χ1v) is 10.9. The maximum atomic E-state index is 12.8. The van der Waals surface area contributed by atoms with E-state index in [1.807, 2.05) is 60.7 Å². The molecule has 1 N–H and O–H groups in total. The summed E-state index contributed by atoms with van der Waals surface area (Å²) in [6.45, 7) is 0. The Bertz CT molecular complexity index is 1000. The zero-order valence-corrected chi connectivity index (χ0v) is 15.8. The molecule has 7 heteroatoms. The van der Waals surface area contributed by atoms with E-state index in [1.165, 1.54) is 0 Å². The normalized spacial score (nSPS) is 22.2. The molecule has 2 aliphatic rings. The van der Waals surface area contributed by atoms with Crippen LogP contribution in [0.3, 0.4) is 0 Å². The molecule has 142 valence electrons. The van der Waals surface area contributed by atoms with Crippen molar-refractivity contribution in [3.05, 3.63) is 90.5 Å². The van der Waals surface area contributed by atoms with E-state index in [2.05, 4.69) is 5.09 Å².